The van der Waals surface area contributed by atoms with Gasteiger partial charge in [-0.1, -0.05) is 0 Å². The van der Waals surface area contributed by atoms with Crippen LogP contribution in [0.2, 0.25) is 0 Å². The van der Waals surface area contributed by atoms with Crippen LogP contribution in [0.1, 0.15) is 24.7 Å². The molecular formula is C14H19N3S2. The van der Waals surface area contributed by atoms with Crippen LogP contribution in [-0.2, 0) is 0 Å². The summed E-state index contributed by atoms with van der Waals surface area (Å²) < 4.78 is 0. The van der Waals surface area contributed by atoms with Crippen LogP contribution in [0, 0.1) is 13.8 Å². The number of nitrogens with zero attached hydrogens (tertiary/aromatic N) is 3. The summed E-state index contributed by atoms with van der Waals surface area (Å²) in [5, 5.41) is 3.45. The average Bonchev–Trinajstić information content (AvgIpc) is 2.61. The quantitative estimate of drug-likeness (QED) is 0.802. The highest BCUT2D eigenvalue weighted by atomic mass is 32.2. The molecule has 2 aromatic rings. The van der Waals surface area contributed by atoms with Gasteiger partial charge in [0.25, 0.3) is 0 Å². The monoisotopic (exact) mass is 293 g/mol. The van der Waals surface area contributed by atoms with E-state index in [1.807, 2.05) is 6.92 Å². The van der Waals surface area contributed by atoms with Crippen LogP contribution < -0.4 is 4.90 Å². The number of aryl methyl sites for hydroxylation is 2. The van der Waals surface area contributed by atoms with Crippen LogP contribution in [0.3, 0.4) is 0 Å². The third-order valence-electron chi connectivity index (χ3n) is 3.67. The molecule has 19 heavy (non-hydrogen) atoms. The van der Waals surface area contributed by atoms with E-state index in [1.54, 1.807) is 11.3 Å². The second kappa shape index (κ2) is 5.29. The number of rotatable bonds is 1. The summed E-state index contributed by atoms with van der Waals surface area (Å²) in [6, 6.07) is 0.562. The van der Waals surface area contributed by atoms with Crippen molar-refractivity contribution in [2.45, 2.75) is 33.2 Å². The molecular weight excluding hydrogens is 274 g/mol. The van der Waals surface area contributed by atoms with Gasteiger partial charge >= 0.3 is 0 Å². The topological polar surface area (TPSA) is 29.0 Å². The highest BCUT2D eigenvalue weighted by molar-refractivity contribution is 7.99. The van der Waals surface area contributed by atoms with Crippen LogP contribution in [0.4, 0.5) is 5.82 Å². The minimum absolute atomic E-state index is 0.562. The maximum absolute atomic E-state index is 4.76. The largest absolute Gasteiger partial charge is 0.352 e. The van der Waals surface area contributed by atoms with E-state index >= 15 is 0 Å². The van der Waals surface area contributed by atoms with E-state index in [-0.39, 0.29) is 0 Å². The maximum atomic E-state index is 4.76. The summed E-state index contributed by atoms with van der Waals surface area (Å²) in [4.78, 5) is 13.0. The standard InChI is InChI=1S/C14H19N3S2/c1-9-8-19-14-12(9)13(15-11(3)16-14)17-5-7-18-6-4-10(17)2/h8,10H,4-7H2,1-3H3. The summed E-state index contributed by atoms with van der Waals surface area (Å²) >= 11 is 3.78. The fraction of sp³-hybridized carbons (Fsp3) is 0.571. The third kappa shape index (κ3) is 2.46. The van der Waals surface area contributed by atoms with E-state index in [4.69, 9.17) is 4.98 Å². The molecule has 1 saturated heterocycles. The summed E-state index contributed by atoms with van der Waals surface area (Å²) in [5.41, 5.74) is 1.30. The number of anilines is 1. The van der Waals surface area contributed by atoms with Gasteiger partial charge in [-0.3, -0.25) is 0 Å². The molecule has 2 aromatic heterocycles. The SMILES string of the molecule is Cc1nc(N2CCSCCC2C)c2c(C)csc2n1. The Morgan fingerprint density at radius 3 is 2.95 bits per heavy atom. The van der Waals surface area contributed by atoms with Crippen LogP contribution in [0.5, 0.6) is 0 Å². The number of thioether (sulfide) groups is 1. The molecule has 1 atom stereocenters. The van der Waals surface area contributed by atoms with Crippen LogP contribution in [0.25, 0.3) is 10.2 Å². The van der Waals surface area contributed by atoms with Crippen molar-refractivity contribution in [1.29, 1.82) is 0 Å². The molecule has 1 aliphatic heterocycles. The van der Waals surface area contributed by atoms with E-state index in [1.165, 1.54) is 28.9 Å². The Hall–Kier alpha value is -0.810. The second-order valence-corrected chi connectivity index (χ2v) is 7.22. The van der Waals surface area contributed by atoms with E-state index < -0.39 is 0 Å². The van der Waals surface area contributed by atoms with E-state index in [0.717, 1.165) is 23.0 Å². The van der Waals surface area contributed by atoms with Crippen LogP contribution in [0.15, 0.2) is 5.38 Å². The van der Waals surface area contributed by atoms with Crippen molar-refractivity contribution in [2.75, 3.05) is 23.0 Å². The van der Waals surface area contributed by atoms with E-state index in [2.05, 4.69) is 40.9 Å². The molecule has 0 spiro atoms. The van der Waals surface area contributed by atoms with Gasteiger partial charge in [0.1, 0.15) is 16.5 Å². The van der Waals surface area contributed by atoms with Crippen molar-refractivity contribution >= 4 is 39.1 Å². The molecule has 0 N–H and O–H groups in total. The molecule has 3 heterocycles. The van der Waals surface area contributed by atoms with Gasteiger partial charge in [0.2, 0.25) is 0 Å². The molecule has 1 aliphatic rings. The Morgan fingerprint density at radius 2 is 2.11 bits per heavy atom. The van der Waals surface area contributed by atoms with Gasteiger partial charge in [-0.05, 0) is 43.9 Å². The minimum Gasteiger partial charge on any atom is -0.352 e. The second-order valence-electron chi connectivity index (χ2n) is 5.14. The molecule has 0 saturated carbocycles. The van der Waals surface area contributed by atoms with Crippen molar-refractivity contribution in [3.8, 4) is 0 Å². The van der Waals surface area contributed by atoms with Crippen molar-refractivity contribution in [2.24, 2.45) is 0 Å². The van der Waals surface area contributed by atoms with Gasteiger partial charge in [0.15, 0.2) is 0 Å². The van der Waals surface area contributed by atoms with Gasteiger partial charge in [-0.2, -0.15) is 11.8 Å². The first-order chi connectivity index (χ1) is 9.16. The summed E-state index contributed by atoms with van der Waals surface area (Å²) in [7, 11) is 0. The zero-order valence-electron chi connectivity index (χ0n) is 11.6. The highest BCUT2D eigenvalue weighted by Gasteiger charge is 2.22. The number of hydrogen-bond acceptors (Lipinski definition) is 5. The van der Waals surface area contributed by atoms with E-state index in [0.29, 0.717) is 6.04 Å². The molecule has 0 amide bonds. The summed E-state index contributed by atoms with van der Waals surface area (Å²) in [5.74, 6) is 4.48. The number of hydrogen-bond donors (Lipinski definition) is 0. The first kappa shape index (κ1) is 13.2. The Kier molecular flexibility index (Phi) is 3.67. The predicted molar refractivity (Wildman–Crippen MR) is 85.6 cm³/mol. The van der Waals surface area contributed by atoms with Gasteiger partial charge in [-0.15, -0.1) is 11.3 Å². The summed E-state index contributed by atoms with van der Waals surface area (Å²) in [6.45, 7) is 7.57. The molecule has 5 heteroatoms. The third-order valence-corrected chi connectivity index (χ3v) is 5.66. The first-order valence-corrected chi connectivity index (χ1v) is 8.77. The number of thiophene rings is 1. The van der Waals surface area contributed by atoms with Crippen molar-refractivity contribution < 1.29 is 0 Å². The lowest BCUT2D eigenvalue weighted by Crippen LogP contribution is -2.34. The molecule has 0 aromatic carbocycles. The predicted octanol–water partition coefficient (Wildman–Crippen LogP) is 3.64. The van der Waals surface area contributed by atoms with Gasteiger partial charge in [-0.25, -0.2) is 9.97 Å². The maximum Gasteiger partial charge on any atom is 0.141 e. The Labute approximate surface area is 122 Å². The van der Waals surface area contributed by atoms with Crippen LogP contribution in [-0.4, -0.2) is 34.1 Å². The van der Waals surface area contributed by atoms with Gasteiger partial charge in [0.05, 0.1) is 5.39 Å². The zero-order chi connectivity index (χ0) is 13.4. The Morgan fingerprint density at radius 1 is 1.26 bits per heavy atom. The van der Waals surface area contributed by atoms with Crippen LogP contribution >= 0.6 is 23.1 Å². The number of fused-ring (bicyclic) bond motifs is 1. The van der Waals surface area contributed by atoms with Crippen molar-refractivity contribution in [3.05, 3.63) is 16.8 Å². The minimum atomic E-state index is 0.562. The smallest absolute Gasteiger partial charge is 0.141 e. The first-order valence-electron chi connectivity index (χ1n) is 6.73. The van der Waals surface area contributed by atoms with Gasteiger partial charge < -0.3 is 4.90 Å². The summed E-state index contributed by atoms with van der Waals surface area (Å²) in [6.07, 6.45) is 1.23. The average molecular weight is 293 g/mol. The van der Waals surface area contributed by atoms with Crippen molar-refractivity contribution in [1.82, 2.24) is 9.97 Å². The lowest BCUT2D eigenvalue weighted by Gasteiger charge is -2.29. The molecule has 3 nitrogen and oxygen atoms in total. The molecule has 0 radical (unpaired) electrons. The zero-order valence-corrected chi connectivity index (χ0v) is 13.3. The molecule has 1 unspecified atom stereocenters. The molecule has 0 bridgehead atoms. The Balaban J connectivity index is 2.14. The highest BCUT2D eigenvalue weighted by Crippen LogP contribution is 2.33. The fourth-order valence-electron chi connectivity index (χ4n) is 2.58. The lowest BCUT2D eigenvalue weighted by molar-refractivity contribution is 0.639. The molecule has 1 fully saturated rings. The van der Waals surface area contributed by atoms with Gasteiger partial charge in [0, 0.05) is 18.3 Å². The molecule has 0 aliphatic carbocycles. The molecule has 102 valence electrons. The van der Waals surface area contributed by atoms with Crippen molar-refractivity contribution in [3.63, 3.8) is 0 Å². The lowest BCUT2D eigenvalue weighted by atomic mass is 10.2. The fourth-order valence-corrected chi connectivity index (χ4v) is 4.58. The number of aromatic nitrogens is 2. The van der Waals surface area contributed by atoms with E-state index in [9.17, 15) is 0 Å². The Bertz CT molecular complexity index is 594. The molecule has 3 rings (SSSR count). The normalized spacial score (nSPS) is 20.8.